The van der Waals surface area contributed by atoms with Crippen LogP contribution >= 0.6 is 0 Å². The molecule has 1 N–H and O–H groups in total. The first-order chi connectivity index (χ1) is 10.4. The number of nitrogens with zero attached hydrogens (tertiary/aromatic N) is 1. The lowest BCUT2D eigenvalue weighted by atomic mass is 10.0. The number of alkyl halides is 3. The Bertz CT molecular complexity index is 514. The molecular weight excluding hydrogens is 297 g/mol. The Hall–Kier alpha value is -1.73. The summed E-state index contributed by atoms with van der Waals surface area (Å²) in [6.07, 6.45) is -3.01. The standard InChI is InChI=1S/C15H19F3N2O2/c1-3-13(20-8-6-19-7-9-20)12-10-11(22-15(16,17)18)4-5-14(12)21-2/h3-5,10,13,19H,1,6-9H2,2H3/t13-/m1/s1. The Morgan fingerprint density at radius 3 is 2.55 bits per heavy atom. The van der Waals surface area contributed by atoms with Crippen LogP contribution < -0.4 is 14.8 Å². The highest BCUT2D eigenvalue weighted by Gasteiger charge is 2.32. The molecule has 2 rings (SSSR count). The number of rotatable bonds is 5. The van der Waals surface area contributed by atoms with Crippen LogP contribution in [0.1, 0.15) is 11.6 Å². The van der Waals surface area contributed by atoms with Crippen LogP contribution in [-0.2, 0) is 0 Å². The molecule has 0 radical (unpaired) electrons. The third kappa shape index (κ3) is 4.14. The number of ether oxygens (including phenoxy) is 2. The van der Waals surface area contributed by atoms with E-state index in [0.717, 1.165) is 26.2 Å². The van der Waals surface area contributed by atoms with Gasteiger partial charge in [0.1, 0.15) is 11.5 Å². The average molecular weight is 316 g/mol. The molecule has 1 aliphatic rings. The van der Waals surface area contributed by atoms with Crippen molar-refractivity contribution in [1.29, 1.82) is 0 Å². The summed E-state index contributed by atoms with van der Waals surface area (Å²) in [5.74, 6) is 0.253. The van der Waals surface area contributed by atoms with Gasteiger partial charge in [-0.05, 0) is 18.2 Å². The van der Waals surface area contributed by atoms with Gasteiger partial charge in [-0.3, -0.25) is 4.90 Å². The molecule has 1 fully saturated rings. The number of hydrogen-bond donors (Lipinski definition) is 1. The molecule has 0 aromatic heterocycles. The molecule has 0 aliphatic carbocycles. The third-order valence-electron chi connectivity index (χ3n) is 3.52. The minimum absolute atomic E-state index is 0.228. The molecule has 1 heterocycles. The Labute approximate surface area is 127 Å². The van der Waals surface area contributed by atoms with Crippen LogP contribution in [0, 0.1) is 0 Å². The molecule has 0 bridgehead atoms. The minimum Gasteiger partial charge on any atom is -0.496 e. The van der Waals surface area contributed by atoms with E-state index in [1.165, 1.54) is 25.3 Å². The van der Waals surface area contributed by atoms with Crippen LogP contribution in [0.15, 0.2) is 30.9 Å². The summed E-state index contributed by atoms with van der Waals surface area (Å²) < 4.78 is 46.5. The van der Waals surface area contributed by atoms with Crippen molar-refractivity contribution >= 4 is 0 Å². The molecule has 0 spiro atoms. The van der Waals surface area contributed by atoms with Crippen molar-refractivity contribution in [2.24, 2.45) is 0 Å². The largest absolute Gasteiger partial charge is 0.573 e. The minimum atomic E-state index is -4.72. The summed E-state index contributed by atoms with van der Waals surface area (Å²) >= 11 is 0. The maximum Gasteiger partial charge on any atom is 0.573 e. The molecular formula is C15H19F3N2O2. The van der Waals surface area contributed by atoms with Crippen molar-refractivity contribution in [2.75, 3.05) is 33.3 Å². The van der Waals surface area contributed by atoms with E-state index >= 15 is 0 Å². The summed E-state index contributed by atoms with van der Waals surface area (Å²) in [4.78, 5) is 2.14. The molecule has 1 atom stereocenters. The second-order valence-electron chi connectivity index (χ2n) is 4.92. The smallest absolute Gasteiger partial charge is 0.496 e. The van der Waals surface area contributed by atoms with Gasteiger partial charge in [0.2, 0.25) is 0 Å². The normalized spacial score (nSPS) is 17.8. The molecule has 4 nitrogen and oxygen atoms in total. The quantitative estimate of drug-likeness (QED) is 0.847. The van der Waals surface area contributed by atoms with E-state index in [1.54, 1.807) is 6.08 Å². The first-order valence-electron chi connectivity index (χ1n) is 6.95. The Morgan fingerprint density at radius 2 is 2.00 bits per heavy atom. The summed E-state index contributed by atoms with van der Waals surface area (Å²) in [6, 6.07) is 3.86. The molecule has 0 unspecified atom stereocenters. The SMILES string of the molecule is C=C[C@H](c1cc(OC(F)(F)F)ccc1OC)N1CCNCC1. The maximum atomic E-state index is 12.4. The highest BCUT2D eigenvalue weighted by atomic mass is 19.4. The second-order valence-corrected chi connectivity index (χ2v) is 4.92. The zero-order valence-electron chi connectivity index (χ0n) is 12.3. The van der Waals surface area contributed by atoms with Crippen molar-refractivity contribution in [2.45, 2.75) is 12.4 Å². The first-order valence-corrected chi connectivity index (χ1v) is 6.95. The van der Waals surface area contributed by atoms with Gasteiger partial charge in [0.15, 0.2) is 0 Å². The van der Waals surface area contributed by atoms with Crippen LogP contribution in [0.25, 0.3) is 0 Å². The van der Waals surface area contributed by atoms with Gasteiger partial charge in [0, 0.05) is 31.7 Å². The third-order valence-corrected chi connectivity index (χ3v) is 3.52. The number of hydrogen-bond acceptors (Lipinski definition) is 4. The summed E-state index contributed by atoms with van der Waals surface area (Å²) in [5, 5.41) is 3.24. The Kier molecular flexibility index (Phi) is 5.31. The highest BCUT2D eigenvalue weighted by molar-refractivity contribution is 5.43. The van der Waals surface area contributed by atoms with E-state index in [4.69, 9.17) is 4.74 Å². The molecule has 0 amide bonds. The highest BCUT2D eigenvalue weighted by Crippen LogP contribution is 2.35. The zero-order valence-corrected chi connectivity index (χ0v) is 12.3. The van der Waals surface area contributed by atoms with E-state index in [1.807, 2.05) is 0 Å². The molecule has 7 heteroatoms. The maximum absolute atomic E-state index is 12.4. The summed E-state index contributed by atoms with van der Waals surface area (Å²) in [5.41, 5.74) is 0.612. The molecule has 1 aliphatic heterocycles. The van der Waals surface area contributed by atoms with E-state index in [9.17, 15) is 13.2 Å². The number of nitrogens with one attached hydrogen (secondary N) is 1. The molecule has 1 saturated heterocycles. The van der Waals surface area contributed by atoms with E-state index < -0.39 is 6.36 Å². The number of piperazine rings is 1. The van der Waals surface area contributed by atoms with Gasteiger partial charge in [-0.25, -0.2) is 0 Å². The van der Waals surface area contributed by atoms with Crippen molar-refractivity contribution in [3.63, 3.8) is 0 Å². The van der Waals surface area contributed by atoms with Gasteiger partial charge in [-0.15, -0.1) is 19.8 Å². The molecule has 1 aromatic rings. The number of benzene rings is 1. The fraction of sp³-hybridized carbons (Fsp3) is 0.467. The lowest BCUT2D eigenvalue weighted by Gasteiger charge is -2.34. The van der Waals surface area contributed by atoms with Crippen molar-refractivity contribution in [3.05, 3.63) is 36.4 Å². The number of halogens is 3. The van der Waals surface area contributed by atoms with Gasteiger partial charge in [-0.1, -0.05) is 6.08 Å². The Morgan fingerprint density at radius 1 is 1.32 bits per heavy atom. The first kappa shape index (κ1) is 16.6. The monoisotopic (exact) mass is 316 g/mol. The zero-order chi connectivity index (χ0) is 16.2. The van der Waals surface area contributed by atoms with Crippen molar-refractivity contribution in [1.82, 2.24) is 10.2 Å². The van der Waals surface area contributed by atoms with Gasteiger partial charge >= 0.3 is 6.36 Å². The van der Waals surface area contributed by atoms with Crippen LogP contribution in [0.2, 0.25) is 0 Å². The predicted octanol–water partition coefficient (Wildman–Crippen LogP) is 2.73. The van der Waals surface area contributed by atoms with Crippen LogP contribution in [0.5, 0.6) is 11.5 Å². The molecule has 22 heavy (non-hydrogen) atoms. The van der Waals surface area contributed by atoms with Crippen molar-refractivity contribution in [3.8, 4) is 11.5 Å². The summed E-state index contributed by atoms with van der Waals surface area (Å²) in [7, 11) is 1.49. The molecule has 122 valence electrons. The fourth-order valence-electron chi connectivity index (χ4n) is 2.57. The van der Waals surface area contributed by atoms with Crippen molar-refractivity contribution < 1.29 is 22.6 Å². The molecule has 1 aromatic carbocycles. The second kappa shape index (κ2) is 7.02. The van der Waals surface area contributed by atoms with Gasteiger partial charge in [-0.2, -0.15) is 0 Å². The predicted molar refractivity (Wildman–Crippen MR) is 77.1 cm³/mol. The topological polar surface area (TPSA) is 33.7 Å². The van der Waals surface area contributed by atoms with Crippen LogP contribution in [0.4, 0.5) is 13.2 Å². The van der Waals surface area contributed by atoms with Gasteiger partial charge in [0.05, 0.1) is 13.2 Å². The number of methoxy groups -OCH3 is 1. The van der Waals surface area contributed by atoms with E-state index in [0.29, 0.717) is 11.3 Å². The molecule has 0 saturated carbocycles. The van der Waals surface area contributed by atoms with Crippen LogP contribution in [0.3, 0.4) is 0 Å². The lowest BCUT2D eigenvalue weighted by Crippen LogP contribution is -2.44. The van der Waals surface area contributed by atoms with Gasteiger partial charge < -0.3 is 14.8 Å². The average Bonchev–Trinajstić information content (AvgIpc) is 2.48. The van der Waals surface area contributed by atoms with Gasteiger partial charge in [0.25, 0.3) is 0 Å². The van der Waals surface area contributed by atoms with E-state index in [2.05, 4.69) is 21.5 Å². The Balaban J connectivity index is 2.32. The van der Waals surface area contributed by atoms with Crippen LogP contribution in [-0.4, -0.2) is 44.6 Å². The fourth-order valence-corrected chi connectivity index (χ4v) is 2.57. The summed E-state index contributed by atoms with van der Waals surface area (Å²) in [6.45, 7) is 7.03. The van der Waals surface area contributed by atoms with E-state index in [-0.39, 0.29) is 11.8 Å². The lowest BCUT2D eigenvalue weighted by molar-refractivity contribution is -0.274.